The van der Waals surface area contributed by atoms with Crippen molar-refractivity contribution in [1.82, 2.24) is 5.16 Å². The Balaban J connectivity index is 2.24. The summed E-state index contributed by atoms with van der Waals surface area (Å²) in [6.07, 6.45) is 0.913. The Morgan fingerprint density at radius 1 is 1.33 bits per heavy atom. The van der Waals surface area contributed by atoms with Gasteiger partial charge in [0.2, 0.25) is 0 Å². The van der Waals surface area contributed by atoms with Crippen molar-refractivity contribution in [2.24, 2.45) is 0 Å². The van der Waals surface area contributed by atoms with Gasteiger partial charge < -0.3 is 4.52 Å². The minimum absolute atomic E-state index is 0.747. The van der Waals surface area contributed by atoms with E-state index < -0.39 is 0 Å². The second-order valence-corrected chi connectivity index (χ2v) is 4.93. The fraction of sp³-hybridized carbons (Fsp3) is 0.182. The fourth-order valence-electron chi connectivity index (χ4n) is 1.97. The van der Waals surface area contributed by atoms with E-state index in [-0.39, 0.29) is 0 Å². The van der Waals surface area contributed by atoms with Crippen molar-refractivity contribution in [1.29, 1.82) is 0 Å². The highest BCUT2D eigenvalue weighted by atomic mass is 79.9. The van der Waals surface area contributed by atoms with E-state index in [1.54, 1.807) is 0 Å². The van der Waals surface area contributed by atoms with Gasteiger partial charge in [-0.05, 0) is 11.6 Å². The van der Waals surface area contributed by atoms with Gasteiger partial charge in [-0.2, -0.15) is 0 Å². The van der Waals surface area contributed by atoms with Crippen LogP contribution < -0.4 is 0 Å². The van der Waals surface area contributed by atoms with Crippen LogP contribution in [0.4, 0.5) is 0 Å². The molecule has 0 unspecified atom stereocenters. The van der Waals surface area contributed by atoms with Gasteiger partial charge in [-0.3, -0.25) is 0 Å². The monoisotopic (exact) mass is 327 g/mol. The number of nitrogens with zero attached hydrogens (tertiary/aromatic N) is 1. The lowest BCUT2D eigenvalue weighted by molar-refractivity contribution is 0.427. The van der Waals surface area contributed by atoms with Crippen molar-refractivity contribution in [2.75, 3.05) is 0 Å². The first kappa shape index (κ1) is 9.60. The maximum Gasteiger partial charge on any atom is 0.171 e. The SMILES string of the molecule is BrCc1noc2c1Cc1c(Br)cccc1-2. The van der Waals surface area contributed by atoms with Crippen molar-refractivity contribution < 1.29 is 4.52 Å². The molecule has 1 aliphatic carbocycles. The molecule has 0 N–H and O–H groups in total. The highest BCUT2D eigenvalue weighted by Gasteiger charge is 2.27. The van der Waals surface area contributed by atoms with Gasteiger partial charge >= 0.3 is 0 Å². The van der Waals surface area contributed by atoms with Crippen molar-refractivity contribution in [2.45, 2.75) is 11.8 Å². The Morgan fingerprint density at radius 2 is 2.20 bits per heavy atom. The van der Waals surface area contributed by atoms with Crippen LogP contribution in [0.15, 0.2) is 27.2 Å². The number of halogens is 2. The van der Waals surface area contributed by atoms with Crippen LogP contribution in [-0.4, -0.2) is 5.16 Å². The van der Waals surface area contributed by atoms with Crippen LogP contribution in [-0.2, 0) is 11.8 Å². The van der Waals surface area contributed by atoms with Gasteiger partial charge in [0.15, 0.2) is 5.76 Å². The number of hydrogen-bond acceptors (Lipinski definition) is 2. The van der Waals surface area contributed by atoms with E-state index in [2.05, 4.69) is 49.1 Å². The highest BCUT2D eigenvalue weighted by Crippen LogP contribution is 2.41. The Kier molecular flexibility index (Phi) is 2.21. The summed E-state index contributed by atoms with van der Waals surface area (Å²) in [5.41, 5.74) is 4.69. The second-order valence-electron chi connectivity index (χ2n) is 3.51. The lowest BCUT2D eigenvalue weighted by Crippen LogP contribution is -1.87. The topological polar surface area (TPSA) is 26.0 Å². The summed E-state index contributed by atoms with van der Waals surface area (Å²) in [7, 11) is 0. The molecular formula is C11H7Br2NO. The fourth-order valence-corrected chi connectivity index (χ4v) is 2.92. The third kappa shape index (κ3) is 1.31. The molecule has 0 aliphatic heterocycles. The van der Waals surface area contributed by atoms with Crippen LogP contribution >= 0.6 is 31.9 Å². The predicted octanol–water partition coefficient (Wildman–Crippen LogP) is 3.90. The van der Waals surface area contributed by atoms with Crippen LogP contribution in [0.3, 0.4) is 0 Å². The van der Waals surface area contributed by atoms with Gasteiger partial charge in [-0.1, -0.05) is 49.1 Å². The molecule has 0 spiro atoms. The molecule has 76 valence electrons. The predicted molar refractivity (Wildman–Crippen MR) is 65.1 cm³/mol. The summed E-state index contributed by atoms with van der Waals surface area (Å²) in [5.74, 6) is 0.931. The number of alkyl halides is 1. The number of benzene rings is 1. The Morgan fingerprint density at radius 3 is 3.00 bits per heavy atom. The molecular weight excluding hydrogens is 322 g/mol. The smallest absolute Gasteiger partial charge is 0.171 e. The highest BCUT2D eigenvalue weighted by molar-refractivity contribution is 9.10. The summed E-state index contributed by atoms with van der Waals surface area (Å²) < 4.78 is 6.52. The molecule has 1 aromatic carbocycles. The molecule has 2 nitrogen and oxygen atoms in total. The Labute approximate surface area is 104 Å². The first-order valence-corrected chi connectivity index (χ1v) is 6.54. The summed E-state index contributed by atoms with van der Waals surface area (Å²) in [4.78, 5) is 0. The van der Waals surface area contributed by atoms with E-state index in [0.29, 0.717) is 0 Å². The van der Waals surface area contributed by atoms with Gasteiger partial charge in [0.25, 0.3) is 0 Å². The van der Waals surface area contributed by atoms with Crippen LogP contribution in [0.1, 0.15) is 16.8 Å². The first-order chi connectivity index (χ1) is 7.31. The van der Waals surface area contributed by atoms with Crippen LogP contribution in [0.5, 0.6) is 0 Å². The van der Waals surface area contributed by atoms with Crippen LogP contribution in [0.2, 0.25) is 0 Å². The number of hydrogen-bond donors (Lipinski definition) is 0. The molecule has 1 aliphatic rings. The summed E-state index contributed by atoms with van der Waals surface area (Å²) >= 11 is 6.98. The van der Waals surface area contributed by atoms with E-state index in [9.17, 15) is 0 Å². The number of aromatic nitrogens is 1. The third-order valence-electron chi connectivity index (χ3n) is 2.71. The van der Waals surface area contributed by atoms with Gasteiger partial charge in [0.1, 0.15) is 0 Å². The quantitative estimate of drug-likeness (QED) is 0.633. The molecule has 0 bridgehead atoms. The lowest BCUT2D eigenvalue weighted by atomic mass is 10.1. The van der Waals surface area contributed by atoms with Gasteiger partial charge in [0, 0.05) is 27.4 Å². The summed E-state index contributed by atoms with van der Waals surface area (Å²) in [5, 5.41) is 4.80. The molecule has 0 saturated heterocycles. The lowest BCUT2D eigenvalue weighted by Gasteiger charge is -2.00. The van der Waals surface area contributed by atoms with E-state index in [0.717, 1.165) is 27.7 Å². The zero-order valence-electron chi connectivity index (χ0n) is 7.76. The molecule has 0 radical (unpaired) electrons. The zero-order valence-corrected chi connectivity index (χ0v) is 10.9. The van der Waals surface area contributed by atoms with E-state index in [1.165, 1.54) is 16.7 Å². The largest absolute Gasteiger partial charge is 0.356 e. The van der Waals surface area contributed by atoms with Crippen molar-refractivity contribution in [3.63, 3.8) is 0 Å². The normalized spacial score (nSPS) is 12.7. The van der Waals surface area contributed by atoms with E-state index in [1.807, 2.05) is 6.07 Å². The Bertz CT molecular complexity index is 533. The minimum atomic E-state index is 0.747. The van der Waals surface area contributed by atoms with E-state index in [4.69, 9.17) is 4.52 Å². The number of rotatable bonds is 1. The maximum atomic E-state index is 5.38. The third-order valence-corrected chi connectivity index (χ3v) is 3.99. The minimum Gasteiger partial charge on any atom is -0.356 e. The van der Waals surface area contributed by atoms with Crippen LogP contribution in [0.25, 0.3) is 11.3 Å². The second kappa shape index (κ2) is 3.46. The molecule has 0 fully saturated rings. The van der Waals surface area contributed by atoms with Crippen molar-refractivity contribution in [3.05, 3.63) is 39.5 Å². The average Bonchev–Trinajstić information content (AvgIpc) is 2.77. The molecule has 1 aromatic heterocycles. The molecule has 1 heterocycles. The zero-order chi connectivity index (χ0) is 10.4. The van der Waals surface area contributed by atoms with Crippen molar-refractivity contribution >= 4 is 31.9 Å². The van der Waals surface area contributed by atoms with Crippen molar-refractivity contribution in [3.8, 4) is 11.3 Å². The first-order valence-electron chi connectivity index (χ1n) is 4.62. The van der Waals surface area contributed by atoms with Gasteiger partial charge in [-0.15, -0.1) is 0 Å². The average molecular weight is 329 g/mol. The maximum absolute atomic E-state index is 5.38. The molecule has 4 heteroatoms. The molecule has 3 rings (SSSR count). The standard InChI is InChI=1S/C11H7Br2NO/c12-5-10-8-4-7-6(11(8)15-14-10)2-1-3-9(7)13/h1-3H,4-5H2. The Hall–Kier alpha value is -0.610. The van der Waals surface area contributed by atoms with Gasteiger partial charge in [0.05, 0.1) is 5.69 Å². The van der Waals surface area contributed by atoms with Crippen LogP contribution in [0, 0.1) is 0 Å². The van der Waals surface area contributed by atoms with Gasteiger partial charge in [-0.25, -0.2) is 0 Å². The molecule has 0 saturated carbocycles. The summed E-state index contributed by atoms with van der Waals surface area (Å²) in [6.45, 7) is 0. The number of fused-ring (bicyclic) bond motifs is 3. The molecule has 15 heavy (non-hydrogen) atoms. The summed E-state index contributed by atoms with van der Waals surface area (Å²) in [6, 6.07) is 6.16. The molecule has 2 aromatic rings. The molecule has 0 amide bonds. The molecule has 0 atom stereocenters. The van der Waals surface area contributed by atoms with E-state index >= 15 is 0 Å².